The first-order chi connectivity index (χ1) is 15.6. The molecule has 3 aromatic rings. The van der Waals surface area contributed by atoms with Crippen molar-refractivity contribution in [3.05, 3.63) is 63.9 Å². The lowest BCUT2D eigenvalue weighted by Crippen LogP contribution is -2.46. The number of amides is 1. The van der Waals surface area contributed by atoms with Crippen LogP contribution in [0.1, 0.15) is 23.7 Å². The number of benzene rings is 1. The molecule has 33 heavy (non-hydrogen) atoms. The van der Waals surface area contributed by atoms with Crippen LogP contribution in [0.5, 0.6) is 0 Å². The molecule has 0 saturated heterocycles. The number of anilines is 1. The van der Waals surface area contributed by atoms with Crippen molar-refractivity contribution in [3.8, 4) is 5.69 Å². The number of halogens is 6. The molecule has 176 valence electrons. The molecule has 0 fully saturated rings. The average molecular weight is 472 g/mol. The topological polar surface area (TPSA) is 76.0 Å². The summed E-state index contributed by atoms with van der Waals surface area (Å²) in [7, 11) is 0. The number of fused-ring (bicyclic) bond motifs is 1. The molecule has 2 heterocycles. The molecule has 0 bridgehead atoms. The molecule has 0 radical (unpaired) electrons. The summed E-state index contributed by atoms with van der Waals surface area (Å²) in [5.74, 6) is -3.16. The van der Waals surface area contributed by atoms with Crippen LogP contribution in [0.2, 0.25) is 0 Å². The number of carbonyl (C=O) groups is 1. The molecule has 3 rings (SSSR count). The molecule has 0 aliphatic rings. The van der Waals surface area contributed by atoms with Crippen molar-refractivity contribution < 1.29 is 31.1 Å². The minimum Gasteiger partial charge on any atom is -0.367 e. The van der Waals surface area contributed by atoms with E-state index in [-0.39, 0.29) is 29.1 Å². The molecule has 2 aromatic heterocycles. The molecule has 2 N–H and O–H groups in total. The molecular formula is C21H18F6N4O2. The van der Waals surface area contributed by atoms with Gasteiger partial charge in [0.25, 0.3) is 5.91 Å². The standard InChI is InChI=1S/C21H18F6N4O2/c1-2-16(21(25,26)27)29-20(33)13-10-31(15-5-3-11(23)9-14(15)24)19-12(18(13)32)4-6-17(30-19)28-8-7-22/h3-6,9-10,16H,2,7-8H2,1H3,(H,28,30)(H,29,33). The van der Waals surface area contributed by atoms with E-state index in [1.165, 1.54) is 19.1 Å². The van der Waals surface area contributed by atoms with E-state index in [0.717, 1.165) is 22.9 Å². The van der Waals surface area contributed by atoms with E-state index in [1.807, 2.05) is 0 Å². The van der Waals surface area contributed by atoms with Gasteiger partial charge in [0, 0.05) is 18.8 Å². The summed E-state index contributed by atoms with van der Waals surface area (Å²) in [5, 5.41) is 4.19. The third-order valence-corrected chi connectivity index (χ3v) is 4.77. The molecule has 1 atom stereocenters. The number of nitrogens with zero attached hydrogens (tertiary/aromatic N) is 2. The third kappa shape index (κ3) is 5.10. The Kier molecular flexibility index (Phi) is 6.94. The van der Waals surface area contributed by atoms with Crippen molar-refractivity contribution in [3.63, 3.8) is 0 Å². The predicted molar refractivity (Wildman–Crippen MR) is 109 cm³/mol. The van der Waals surface area contributed by atoms with E-state index < -0.39 is 53.8 Å². The Balaban J connectivity index is 2.23. The van der Waals surface area contributed by atoms with Gasteiger partial charge >= 0.3 is 6.18 Å². The van der Waals surface area contributed by atoms with Crippen LogP contribution in [0.4, 0.5) is 32.2 Å². The fraction of sp³-hybridized carbons (Fsp3) is 0.286. The van der Waals surface area contributed by atoms with Crippen molar-refractivity contribution in [2.75, 3.05) is 18.5 Å². The smallest absolute Gasteiger partial charge is 0.367 e. The molecule has 0 aliphatic heterocycles. The van der Waals surface area contributed by atoms with E-state index in [0.29, 0.717) is 6.07 Å². The van der Waals surface area contributed by atoms with Crippen molar-refractivity contribution in [2.45, 2.75) is 25.6 Å². The van der Waals surface area contributed by atoms with Gasteiger partial charge in [-0.05, 0) is 30.7 Å². The first-order valence-electron chi connectivity index (χ1n) is 9.76. The van der Waals surface area contributed by atoms with Gasteiger partial charge in [0.2, 0.25) is 5.43 Å². The van der Waals surface area contributed by atoms with E-state index >= 15 is 0 Å². The second-order valence-corrected chi connectivity index (χ2v) is 7.00. The highest BCUT2D eigenvalue weighted by Gasteiger charge is 2.39. The number of hydrogen-bond donors (Lipinski definition) is 2. The highest BCUT2D eigenvalue weighted by atomic mass is 19.4. The summed E-state index contributed by atoms with van der Waals surface area (Å²) in [5.41, 5.74) is -2.12. The molecule has 1 aromatic carbocycles. The Labute approximate surface area is 183 Å². The number of carbonyl (C=O) groups excluding carboxylic acids is 1. The van der Waals surface area contributed by atoms with Crippen LogP contribution < -0.4 is 16.1 Å². The quantitative estimate of drug-likeness (QED) is 0.508. The maximum absolute atomic E-state index is 14.5. The lowest BCUT2D eigenvalue weighted by molar-refractivity contribution is -0.153. The summed E-state index contributed by atoms with van der Waals surface area (Å²) in [6, 6.07) is 2.81. The number of alkyl halides is 4. The molecule has 1 unspecified atom stereocenters. The van der Waals surface area contributed by atoms with Crippen LogP contribution in [-0.2, 0) is 0 Å². The highest BCUT2D eigenvalue weighted by Crippen LogP contribution is 2.24. The predicted octanol–water partition coefficient (Wildman–Crippen LogP) is 4.12. The molecular weight excluding hydrogens is 454 g/mol. The maximum Gasteiger partial charge on any atom is 0.408 e. The van der Waals surface area contributed by atoms with E-state index in [4.69, 9.17) is 0 Å². The maximum atomic E-state index is 14.5. The van der Waals surface area contributed by atoms with Gasteiger partial charge in [-0.2, -0.15) is 13.2 Å². The van der Waals surface area contributed by atoms with Crippen molar-refractivity contribution in [1.82, 2.24) is 14.9 Å². The molecule has 1 amide bonds. The number of pyridine rings is 2. The monoisotopic (exact) mass is 472 g/mol. The van der Waals surface area contributed by atoms with Crippen LogP contribution in [-0.4, -0.2) is 40.9 Å². The summed E-state index contributed by atoms with van der Waals surface area (Å²) < 4.78 is 80.7. The number of rotatable bonds is 7. The van der Waals surface area contributed by atoms with Gasteiger partial charge in [-0.3, -0.25) is 14.2 Å². The number of hydrogen-bond acceptors (Lipinski definition) is 4. The fourth-order valence-electron chi connectivity index (χ4n) is 3.15. The first kappa shape index (κ1) is 24.1. The van der Waals surface area contributed by atoms with Crippen LogP contribution in [0, 0.1) is 11.6 Å². The van der Waals surface area contributed by atoms with Crippen LogP contribution in [0.15, 0.2) is 41.3 Å². The molecule has 0 aliphatic carbocycles. The SMILES string of the molecule is CCC(NC(=O)c1cn(-c2ccc(F)cc2F)c2nc(NCCF)ccc2c1=O)C(F)(F)F. The number of nitrogens with one attached hydrogen (secondary N) is 2. The van der Waals surface area contributed by atoms with Crippen molar-refractivity contribution in [1.29, 1.82) is 0 Å². The second-order valence-electron chi connectivity index (χ2n) is 7.00. The first-order valence-corrected chi connectivity index (χ1v) is 9.76. The Morgan fingerprint density at radius 2 is 1.91 bits per heavy atom. The van der Waals surface area contributed by atoms with Gasteiger partial charge in [-0.1, -0.05) is 6.92 Å². The van der Waals surface area contributed by atoms with Crippen molar-refractivity contribution in [2.24, 2.45) is 0 Å². The van der Waals surface area contributed by atoms with Gasteiger partial charge < -0.3 is 10.6 Å². The normalized spacial score (nSPS) is 12.6. The van der Waals surface area contributed by atoms with Gasteiger partial charge in [0.05, 0.1) is 11.1 Å². The molecule has 6 nitrogen and oxygen atoms in total. The number of aromatic nitrogens is 2. The summed E-state index contributed by atoms with van der Waals surface area (Å²) in [6.45, 7) is 0.376. The van der Waals surface area contributed by atoms with E-state index in [2.05, 4.69) is 10.3 Å². The largest absolute Gasteiger partial charge is 0.408 e. The van der Waals surface area contributed by atoms with Gasteiger partial charge in [-0.15, -0.1) is 0 Å². The van der Waals surface area contributed by atoms with Crippen LogP contribution >= 0.6 is 0 Å². The van der Waals surface area contributed by atoms with Gasteiger partial charge in [0.1, 0.15) is 35.7 Å². The Morgan fingerprint density at radius 1 is 1.18 bits per heavy atom. The fourth-order valence-corrected chi connectivity index (χ4v) is 3.15. The average Bonchev–Trinajstić information content (AvgIpc) is 2.75. The second kappa shape index (κ2) is 9.51. The van der Waals surface area contributed by atoms with Crippen LogP contribution in [0.3, 0.4) is 0 Å². The zero-order chi connectivity index (χ0) is 24.3. The summed E-state index contributed by atoms with van der Waals surface area (Å²) in [4.78, 5) is 29.7. The van der Waals surface area contributed by atoms with E-state index in [1.54, 1.807) is 5.32 Å². The third-order valence-electron chi connectivity index (χ3n) is 4.77. The van der Waals surface area contributed by atoms with Gasteiger partial charge in [-0.25, -0.2) is 18.2 Å². The minimum atomic E-state index is -4.75. The molecule has 12 heteroatoms. The zero-order valence-electron chi connectivity index (χ0n) is 17.1. The Hall–Kier alpha value is -3.57. The van der Waals surface area contributed by atoms with E-state index in [9.17, 15) is 35.9 Å². The minimum absolute atomic E-state index is 0.107. The molecule has 0 saturated carbocycles. The summed E-state index contributed by atoms with van der Waals surface area (Å²) >= 11 is 0. The van der Waals surface area contributed by atoms with Gasteiger partial charge in [0.15, 0.2) is 5.65 Å². The lowest BCUT2D eigenvalue weighted by atomic mass is 10.1. The Bertz CT molecular complexity index is 1240. The van der Waals surface area contributed by atoms with Crippen LogP contribution in [0.25, 0.3) is 16.7 Å². The van der Waals surface area contributed by atoms with Crippen molar-refractivity contribution >= 4 is 22.8 Å². The summed E-state index contributed by atoms with van der Waals surface area (Å²) in [6.07, 6.45) is -4.39. The lowest BCUT2D eigenvalue weighted by Gasteiger charge is -2.20. The highest BCUT2D eigenvalue weighted by molar-refractivity contribution is 5.97. The zero-order valence-corrected chi connectivity index (χ0v) is 17.1. The molecule has 0 spiro atoms. The Morgan fingerprint density at radius 3 is 2.52 bits per heavy atom.